The Morgan fingerprint density at radius 2 is 1.69 bits per heavy atom. The zero-order chi connectivity index (χ0) is 11.8. The Balaban J connectivity index is 2.39. The van der Waals surface area contributed by atoms with Crippen molar-refractivity contribution in [3.8, 4) is 0 Å². The molecule has 0 radical (unpaired) electrons. The van der Waals surface area contributed by atoms with Crippen LogP contribution in [0.15, 0.2) is 12.1 Å². The van der Waals surface area contributed by atoms with Crippen LogP contribution in [0.4, 0.5) is 4.39 Å². The molecular formula is C13H17FOS. The standard InChI is InChI=1S/C13H17FOS/c1-9-7-11(8-10(2)12(9)14)13(15)3-5-16-6-4-13/h7-8,15H,3-6H2,1-2H3. The van der Waals surface area contributed by atoms with E-state index in [2.05, 4.69) is 0 Å². The molecular weight excluding hydrogens is 223 g/mol. The molecule has 1 nitrogen and oxygen atoms in total. The van der Waals surface area contributed by atoms with E-state index in [1.807, 2.05) is 11.8 Å². The predicted molar refractivity (Wildman–Crippen MR) is 66.3 cm³/mol. The first-order valence-corrected chi connectivity index (χ1v) is 6.76. The molecule has 0 aromatic heterocycles. The fourth-order valence-corrected chi connectivity index (χ4v) is 3.38. The topological polar surface area (TPSA) is 20.2 Å². The largest absolute Gasteiger partial charge is 0.385 e. The molecule has 0 atom stereocenters. The highest BCUT2D eigenvalue weighted by atomic mass is 32.2. The van der Waals surface area contributed by atoms with E-state index in [4.69, 9.17) is 0 Å². The second-order valence-corrected chi connectivity index (χ2v) is 5.79. The van der Waals surface area contributed by atoms with Crippen LogP contribution in [0, 0.1) is 19.7 Å². The average molecular weight is 240 g/mol. The molecule has 1 heterocycles. The van der Waals surface area contributed by atoms with Crippen LogP contribution in [0.25, 0.3) is 0 Å². The Morgan fingerprint density at radius 3 is 2.19 bits per heavy atom. The normalized spacial score (nSPS) is 19.8. The van der Waals surface area contributed by atoms with Crippen molar-refractivity contribution in [1.82, 2.24) is 0 Å². The minimum absolute atomic E-state index is 0.155. The number of aryl methyl sites for hydroxylation is 2. The van der Waals surface area contributed by atoms with E-state index < -0.39 is 5.60 Å². The van der Waals surface area contributed by atoms with Crippen LogP contribution in [-0.2, 0) is 5.60 Å². The summed E-state index contributed by atoms with van der Waals surface area (Å²) in [6, 6.07) is 3.58. The second kappa shape index (κ2) is 4.38. The number of hydrogen-bond donors (Lipinski definition) is 1. The van der Waals surface area contributed by atoms with Gasteiger partial charge in [-0.05, 0) is 54.9 Å². The molecule has 1 aromatic rings. The van der Waals surface area contributed by atoms with Gasteiger partial charge in [0.1, 0.15) is 5.82 Å². The molecule has 3 heteroatoms. The van der Waals surface area contributed by atoms with Gasteiger partial charge in [-0.25, -0.2) is 4.39 Å². The molecule has 1 aliphatic rings. The van der Waals surface area contributed by atoms with Gasteiger partial charge in [0.05, 0.1) is 5.60 Å². The number of halogens is 1. The Labute approximate surface area is 100 Å². The molecule has 1 aliphatic heterocycles. The Kier molecular flexibility index (Phi) is 3.27. The maximum Gasteiger partial charge on any atom is 0.129 e. The molecule has 0 unspecified atom stereocenters. The zero-order valence-corrected chi connectivity index (χ0v) is 10.5. The maximum absolute atomic E-state index is 13.5. The highest BCUT2D eigenvalue weighted by molar-refractivity contribution is 7.99. The van der Waals surface area contributed by atoms with Gasteiger partial charge in [-0.3, -0.25) is 0 Å². The molecule has 1 N–H and O–H groups in total. The lowest BCUT2D eigenvalue weighted by molar-refractivity contribution is 0.0279. The number of rotatable bonds is 1. The van der Waals surface area contributed by atoms with Crippen molar-refractivity contribution in [3.05, 3.63) is 34.6 Å². The van der Waals surface area contributed by atoms with Crippen molar-refractivity contribution < 1.29 is 9.50 Å². The van der Waals surface area contributed by atoms with Crippen LogP contribution in [-0.4, -0.2) is 16.6 Å². The van der Waals surface area contributed by atoms with Gasteiger partial charge in [-0.2, -0.15) is 11.8 Å². The van der Waals surface area contributed by atoms with E-state index in [9.17, 15) is 9.50 Å². The minimum atomic E-state index is -0.742. The van der Waals surface area contributed by atoms with E-state index in [0.29, 0.717) is 11.1 Å². The van der Waals surface area contributed by atoms with Crippen molar-refractivity contribution >= 4 is 11.8 Å². The molecule has 1 aromatic carbocycles. The summed E-state index contributed by atoms with van der Waals surface area (Å²) in [6.45, 7) is 3.51. The van der Waals surface area contributed by atoms with Gasteiger partial charge >= 0.3 is 0 Å². The average Bonchev–Trinajstić information content (AvgIpc) is 2.26. The van der Waals surface area contributed by atoms with Crippen molar-refractivity contribution in [1.29, 1.82) is 0 Å². The van der Waals surface area contributed by atoms with Crippen LogP contribution < -0.4 is 0 Å². The minimum Gasteiger partial charge on any atom is -0.385 e. The third-order valence-corrected chi connectivity index (χ3v) is 4.28. The number of benzene rings is 1. The first-order chi connectivity index (χ1) is 7.53. The van der Waals surface area contributed by atoms with Gasteiger partial charge in [0.25, 0.3) is 0 Å². The highest BCUT2D eigenvalue weighted by Gasteiger charge is 2.32. The number of thioether (sulfide) groups is 1. The molecule has 1 fully saturated rings. The summed E-state index contributed by atoms with van der Waals surface area (Å²) in [5, 5.41) is 10.5. The molecule has 1 saturated heterocycles. The maximum atomic E-state index is 13.5. The third-order valence-electron chi connectivity index (χ3n) is 3.29. The van der Waals surface area contributed by atoms with Crippen LogP contribution in [0.2, 0.25) is 0 Å². The van der Waals surface area contributed by atoms with Gasteiger partial charge in [0, 0.05) is 0 Å². The van der Waals surface area contributed by atoms with Crippen LogP contribution in [0.5, 0.6) is 0 Å². The smallest absolute Gasteiger partial charge is 0.129 e. The summed E-state index contributed by atoms with van der Waals surface area (Å²) in [7, 11) is 0. The summed E-state index contributed by atoms with van der Waals surface area (Å²) in [6.07, 6.45) is 1.53. The van der Waals surface area contributed by atoms with E-state index in [-0.39, 0.29) is 5.82 Å². The van der Waals surface area contributed by atoms with Crippen LogP contribution in [0.1, 0.15) is 29.5 Å². The quantitative estimate of drug-likeness (QED) is 0.813. The number of hydrogen-bond acceptors (Lipinski definition) is 2. The van der Waals surface area contributed by atoms with Gasteiger partial charge in [-0.1, -0.05) is 12.1 Å². The van der Waals surface area contributed by atoms with Gasteiger partial charge in [0.2, 0.25) is 0 Å². The Hall–Kier alpha value is -0.540. The van der Waals surface area contributed by atoms with E-state index in [1.165, 1.54) is 0 Å². The van der Waals surface area contributed by atoms with E-state index >= 15 is 0 Å². The van der Waals surface area contributed by atoms with Crippen molar-refractivity contribution in [3.63, 3.8) is 0 Å². The molecule has 0 spiro atoms. The lowest BCUT2D eigenvalue weighted by atomic mass is 9.86. The molecule has 16 heavy (non-hydrogen) atoms. The summed E-state index contributed by atoms with van der Waals surface area (Å²) >= 11 is 1.87. The van der Waals surface area contributed by atoms with Crippen molar-refractivity contribution in [2.45, 2.75) is 32.3 Å². The predicted octanol–water partition coefficient (Wildman–Crippen LogP) is 3.16. The van der Waals surface area contributed by atoms with Gasteiger partial charge in [-0.15, -0.1) is 0 Å². The van der Waals surface area contributed by atoms with Crippen molar-refractivity contribution in [2.75, 3.05) is 11.5 Å². The fraction of sp³-hybridized carbons (Fsp3) is 0.538. The first kappa shape index (κ1) is 11.9. The summed E-state index contributed by atoms with van der Waals surface area (Å²) < 4.78 is 13.5. The molecule has 2 rings (SSSR count). The highest BCUT2D eigenvalue weighted by Crippen LogP contribution is 2.36. The number of aliphatic hydroxyl groups is 1. The van der Waals surface area contributed by atoms with Gasteiger partial charge in [0.15, 0.2) is 0 Å². The zero-order valence-electron chi connectivity index (χ0n) is 9.72. The Bertz CT molecular complexity index is 374. The van der Waals surface area contributed by atoms with E-state index in [0.717, 1.165) is 29.9 Å². The lowest BCUT2D eigenvalue weighted by Crippen LogP contribution is -2.30. The van der Waals surface area contributed by atoms with Crippen LogP contribution >= 0.6 is 11.8 Å². The Morgan fingerprint density at radius 1 is 1.19 bits per heavy atom. The summed E-state index contributed by atoms with van der Waals surface area (Å²) in [5.74, 6) is 1.80. The summed E-state index contributed by atoms with van der Waals surface area (Å²) in [5.41, 5.74) is 1.39. The SMILES string of the molecule is Cc1cc(C2(O)CCSCC2)cc(C)c1F. The third kappa shape index (κ3) is 2.11. The van der Waals surface area contributed by atoms with Crippen LogP contribution in [0.3, 0.4) is 0 Å². The molecule has 0 aliphatic carbocycles. The van der Waals surface area contributed by atoms with E-state index in [1.54, 1.807) is 26.0 Å². The van der Waals surface area contributed by atoms with Crippen molar-refractivity contribution in [2.24, 2.45) is 0 Å². The fourth-order valence-electron chi connectivity index (χ4n) is 2.21. The molecule has 0 amide bonds. The summed E-state index contributed by atoms with van der Waals surface area (Å²) in [4.78, 5) is 0. The second-order valence-electron chi connectivity index (χ2n) is 4.57. The monoisotopic (exact) mass is 240 g/mol. The first-order valence-electron chi connectivity index (χ1n) is 5.60. The molecule has 0 bridgehead atoms. The molecule has 0 saturated carbocycles. The van der Waals surface area contributed by atoms with Gasteiger partial charge < -0.3 is 5.11 Å². The lowest BCUT2D eigenvalue weighted by Gasteiger charge is -2.32. The molecule has 88 valence electrons.